The summed E-state index contributed by atoms with van der Waals surface area (Å²) in [5.41, 5.74) is 8.08. The molecule has 0 saturated heterocycles. The van der Waals surface area contributed by atoms with Gasteiger partial charge in [0, 0.05) is 18.0 Å². The number of hydrogen-bond acceptors (Lipinski definition) is 3. The van der Waals surface area contributed by atoms with E-state index in [1.165, 1.54) is 6.08 Å². The first-order valence-electron chi connectivity index (χ1n) is 6.40. The van der Waals surface area contributed by atoms with E-state index in [9.17, 15) is 4.79 Å². The molecule has 102 valence electrons. The summed E-state index contributed by atoms with van der Waals surface area (Å²) in [5, 5.41) is 2.86. The molecule has 1 heterocycles. The van der Waals surface area contributed by atoms with E-state index in [4.69, 9.17) is 5.73 Å². The summed E-state index contributed by atoms with van der Waals surface area (Å²) in [6.07, 6.45) is 4.94. The zero-order chi connectivity index (χ0) is 14.4. The van der Waals surface area contributed by atoms with Crippen molar-refractivity contribution in [2.45, 2.75) is 13.0 Å². The van der Waals surface area contributed by atoms with E-state index in [-0.39, 0.29) is 11.9 Å². The first-order valence-corrected chi connectivity index (χ1v) is 6.40. The van der Waals surface area contributed by atoms with Crippen molar-refractivity contribution in [2.75, 3.05) is 5.73 Å². The van der Waals surface area contributed by atoms with Crippen LogP contribution in [0.2, 0.25) is 0 Å². The van der Waals surface area contributed by atoms with Gasteiger partial charge in [0.2, 0.25) is 5.91 Å². The van der Waals surface area contributed by atoms with E-state index in [0.29, 0.717) is 5.69 Å². The van der Waals surface area contributed by atoms with Crippen LogP contribution in [0, 0.1) is 0 Å². The number of rotatable bonds is 4. The number of pyridine rings is 1. The van der Waals surface area contributed by atoms with Crippen molar-refractivity contribution in [1.29, 1.82) is 0 Å². The standard InChI is InChI=1S/C16H17N3O/c1-12(15-7-2-3-10-18-15)19-16(20)9-8-13-5-4-6-14(17)11-13/h2-12H,17H2,1H3,(H,19,20)/b9-8+/t12-/m0/s1. The number of carbonyl (C=O) groups excluding carboxylic acids is 1. The quantitative estimate of drug-likeness (QED) is 0.660. The molecule has 4 heteroatoms. The van der Waals surface area contributed by atoms with Crippen molar-refractivity contribution in [3.63, 3.8) is 0 Å². The molecule has 0 saturated carbocycles. The average Bonchev–Trinajstić information content (AvgIpc) is 2.46. The van der Waals surface area contributed by atoms with E-state index in [1.54, 1.807) is 18.3 Å². The van der Waals surface area contributed by atoms with Gasteiger partial charge in [0.05, 0.1) is 11.7 Å². The zero-order valence-corrected chi connectivity index (χ0v) is 11.3. The molecular formula is C16H17N3O. The first kappa shape index (κ1) is 13.8. The number of nitrogens with one attached hydrogen (secondary N) is 1. The molecule has 1 atom stereocenters. The van der Waals surface area contributed by atoms with Gasteiger partial charge in [-0.1, -0.05) is 18.2 Å². The van der Waals surface area contributed by atoms with Gasteiger partial charge in [0.25, 0.3) is 0 Å². The second-order valence-electron chi connectivity index (χ2n) is 4.49. The largest absolute Gasteiger partial charge is 0.399 e. The lowest BCUT2D eigenvalue weighted by atomic mass is 10.2. The fourth-order valence-corrected chi connectivity index (χ4v) is 1.80. The van der Waals surface area contributed by atoms with Gasteiger partial charge >= 0.3 is 0 Å². The molecule has 1 amide bonds. The third-order valence-corrected chi connectivity index (χ3v) is 2.83. The number of aromatic nitrogens is 1. The third kappa shape index (κ3) is 3.95. The monoisotopic (exact) mass is 267 g/mol. The summed E-state index contributed by atoms with van der Waals surface area (Å²) in [6, 6.07) is 12.9. The lowest BCUT2D eigenvalue weighted by molar-refractivity contribution is -0.117. The highest BCUT2D eigenvalue weighted by Crippen LogP contribution is 2.09. The Hall–Kier alpha value is -2.62. The van der Waals surface area contributed by atoms with Crippen LogP contribution < -0.4 is 11.1 Å². The van der Waals surface area contributed by atoms with E-state index in [0.717, 1.165) is 11.3 Å². The van der Waals surface area contributed by atoms with Crippen molar-refractivity contribution in [1.82, 2.24) is 10.3 Å². The van der Waals surface area contributed by atoms with Gasteiger partial charge in [-0.2, -0.15) is 0 Å². The smallest absolute Gasteiger partial charge is 0.244 e. The molecule has 20 heavy (non-hydrogen) atoms. The minimum absolute atomic E-state index is 0.130. The predicted octanol–water partition coefficient (Wildman–Crippen LogP) is 2.55. The van der Waals surface area contributed by atoms with Crippen LogP contribution in [-0.4, -0.2) is 10.9 Å². The summed E-state index contributed by atoms with van der Waals surface area (Å²) in [4.78, 5) is 16.0. The Labute approximate surface area is 118 Å². The van der Waals surface area contributed by atoms with Gasteiger partial charge in [-0.15, -0.1) is 0 Å². The maximum atomic E-state index is 11.8. The van der Waals surface area contributed by atoms with Crippen molar-refractivity contribution in [3.05, 3.63) is 66.0 Å². The van der Waals surface area contributed by atoms with Gasteiger partial charge in [-0.05, 0) is 42.8 Å². The van der Waals surface area contributed by atoms with Crippen LogP contribution in [0.25, 0.3) is 6.08 Å². The molecule has 0 aliphatic heterocycles. The summed E-state index contributed by atoms with van der Waals surface area (Å²) in [7, 11) is 0. The van der Waals surface area contributed by atoms with Crippen LogP contribution in [0.3, 0.4) is 0 Å². The molecule has 1 aromatic carbocycles. The van der Waals surface area contributed by atoms with Crippen molar-refractivity contribution in [2.24, 2.45) is 0 Å². The van der Waals surface area contributed by atoms with Crippen LogP contribution in [0.1, 0.15) is 24.2 Å². The van der Waals surface area contributed by atoms with Crippen molar-refractivity contribution in [3.8, 4) is 0 Å². The molecule has 3 N–H and O–H groups in total. The van der Waals surface area contributed by atoms with Crippen LogP contribution in [-0.2, 0) is 4.79 Å². The van der Waals surface area contributed by atoms with Crippen LogP contribution in [0.4, 0.5) is 5.69 Å². The zero-order valence-electron chi connectivity index (χ0n) is 11.3. The Morgan fingerprint density at radius 1 is 1.30 bits per heavy atom. The maximum absolute atomic E-state index is 11.8. The predicted molar refractivity (Wildman–Crippen MR) is 80.7 cm³/mol. The summed E-state index contributed by atoms with van der Waals surface area (Å²) < 4.78 is 0. The third-order valence-electron chi connectivity index (χ3n) is 2.83. The Balaban J connectivity index is 1.96. The van der Waals surface area contributed by atoms with E-state index in [2.05, 4.69) is 10.3 Å². The van der Waals surface area contributed by atoms with Crippen LogP contribution >= 0.6 is 0 Å². The molecule has 0 unspecified atom stereocenters. The van der Waals surface area contributed by atoms with Crippen molar-refractivity contribution < 1.29 is 4.79 Å². The molecule has 0 radical (unpaired) electrons. The van der Waals surface area contributed by atoms with Crippen molar-refractivity contribution >= 4 is 17.7 Å². The second kappa shape index (κ2) is 6.52. The molecule has 0 spiro atoms. The van der Waals surface area contributed by atoms with E-state index in [1.807, 2.05) is 43.3 Å². The molecule has 0 aliphatic rings. The Kier molecular flexibility index (Phi) is 4.50. The molecular weight excluding hydrogens is 250 g/mol. The summed E-state index contributed by atoms with van der Waals surface area (Å²) >= 11 is 0. The highest BCUT2D eigenvalue weighted by atomic mass is 16.1. The molecule has 0 fully saturated rings. The highest BCUT2D eigenvalue weighted by molar-refractivity contribution is 5.92. The van der Waals surface area contributed by atoms with Crippen LogP contribution in [0.5, 0.6) is 0 Å². The Bertz CT molecular complexity index is 608. The number of carbonyl (C=O) groups is 1. The number of benzene rings is 1. The Morgan fingerprint density at radius 3 is 2.85 bits per heavy atom. The van der Waals surface area contributed by atoms with Gasteiger partial charge < -0.3 is 11.1 Å². The first-order chi connectivity index (χ1) is 9.65. The summed E-state index contributed by atoms with van der Waals surface area (Å²) in [6.45, 7) is 1.90. The minimum Gasteiger partial charge on any atom is -0.399 e. The normalized spacial score (nSPS) is 12.2. The van der Waals surface area contributed by atoms with Gasteiger partial charge in [0.1, 0.15) is 0 Å². The number of nitrogen functional groups attached to an aromatic ring is 1. The number of amides is 1. The lowest BCUT2D eigenvalue weighted by Gasteiger charge is -2.11. The SMILES string of the molecule is C[C@H](NC(=O)/C=C/c1cccc(N)c1)c1ccccn1. The van der Waals surface area contributed by atoms with E-state index < -0.39 is 0 Å². The topological polar surface area (TPSA) is 68.0 Å². The van der Waals surface area contributed by atoms with Gasteiger partial charge in [-0.3, -0.25) is 9.78 Å². The van der Waals surface area contributed by atoms with Gasteiger partial charge in [0.15, 0.2) is 0 Å². The molecule has 4 nitrogen and oxygen atoms in total. The maximum Gasteiger partial charge on any atom is 0.244 e. The second-order valence-corrected chi connectivity index (χ2v) is 4.49. The van der Waals surface area contributed by atoms with Crippen LogP contribution in [0.15, 0.2) is 54.7 Å². The molecule has 2 rings (SSSR count). The fraction of sp³-hybridized carbons (Fsp3) is 0.125. The van der Waals surface area contributed by atoms with Gasteiger partial charge in [-0.25, -0.2) is 0 Å². The Morgan fingerprint density at radius 2 is 2.15 bits per heavy atom. The van der Waals surface area contributed by atoms with E-state index >= 15 is 0 Å². The number of anilines is 1. The number of hydrogen-bond donors (Lipinski definition) is 2. The minimum atomic E-state index is -0.162. The molecule has 1 aromatic heterocycles. The molecule has 2 aromatic rings. The molecule has 0 aliphatic carbocycles. The molecule has 0 bridgehead atoms. The fourth-order valence-electron chi connectivity index (χ4n) is 1.80. The average molecular weight is 267 g/mol. The lowest BCUT2D eigenvalue weighted by Crippen LogP contribution is -2.25. The number of nitrogens with zero attached hydrogens (tertiary/aromatic N) is 1. The summed E-state index contributed by atoms with van der Waals surface area (Å²) in [5.74, 6) is -0.162. The number of nitrogens with two attached hydrogens (primary N) is 1. The highest BCUT2D eigenvalue weighted by Gasteiger charge is 2.07.